The Hall–Kier alpha value is -3.44. The Morgan fingerprint density at radius 3 is 2.69 bits per heavy atom. The zero-order valence-corrected chi connectivity index (χ0v) is 17.6. The third-order valence-electron chi connectivity index (χ3n) is 5.03. The van der Waals surface area contributed by atoms with Crippen LogP contribution in [0.15, 0.2) is 21.5 Å². The Labute approximate surface area is 170 Å². The molecule has 0 aliphatic heterocycles. The van der Waals surface area contributed by atoms with Crippen LogP contribution >= 0.6 is 11.3 Å². The van der Waals surface area contributed by atoms with E-state index in [0.717, 1.165) is 33.2 Å². The molecule has 0 aromatic carbocycles. The molecule has 7 nitrogen and oxygen atoms in total. The van der Waals surface area contributed by atoms with Crippen LogP contribution in [0.25, 0.3) is 27.7 Å². The maximum absolute atomic E-state index is 12.6. The van der Waals surface area contributed by atoms with Crippen LogP contribution in [-0.4, -0.2) is 19.7 Å². The normalized spacial score (nSPS) is 11.9. The third kappa shape index (κ3) is 3.09. The maximum atomic E-state index is 12.6. The average Bonchev–Trinajstić information content (AvgIpc) is 3.29. The number of aromatic amines is 1. The third-order valence-corrected chi connectivity index (χ3v) is 6.13. The summed E-state index contributed by atoms with van der Waals surface area (Å²) < 4.78 is 7.15. The molecule has 0 bridgehead atoms. The van der Waals surface area contributed by atoms with E-state index in [1.807, 2.05) is 51.3 Å². The first-order valence-electron chi connectivity index (χ1n) is 9.05. The lowest BCUT2D eigenvalue weighted by Crippen LogP contribution is -2.10. The highest BCUT2D eigenvalue weighted by molar-refractivity contribution is 7.18. The minimum Gasteiger partial charge on any atom is -0.360 e. The molecule has 29 heavy (non-hydrogen) atoms. The van der Waals surface area contributed by atoms with E-state index in [1.54, 1.807) is 6.08 Å². The zero-order valence-electron chi connectivity index (χ0n) is 16.7. The van der Waals surface area contributed by atoms with Crippen molar-refractivity contribution in [3.05, 3.63) is 61.5 Å². The lowest BCUT2D eigenvalue weighted by Gasteiger charge is -2.04. The smallest absolute Gasteiger partial charge is 0.260 e. The Balaban J connectivity index is 1.85. The number of hydrogen-bond acceptors (Lipinski definition) is 6. The number of nitrogens with zero attached hydrogens (tertiary/aromatic N) is 4. The van der Waals surface area contributed by atoms with Crippen LogP contribution in [0.5, 0.6) is 0 Å². The summed E-state index contributed by atoms with van der Waals surface area (Å²) in [7, 11) is 0. The number of allylic oxidation sites excluding steroid dienone is 1. The summed E-state index contributed by atoms with van der Waals surface area (Å²) in [6.45, 7) is 9.62. The lowest BCUT2D eigenvalue weighted by atomic mass is 10.1. The number of aromatic nitrogens is 4. The van der Waals surface area contributed by atoms with E-state index in [-0.39, 0.29) is 11.4 Å². The Morgan fingerprint density at radius 1 is 1.28 bits per heavy atom. The van der Waals surface area contributed by atoms with Gasteiger partial charge in [0.1, 0.15) is 16.7 Å². The summed E-state index contributed by atoms with van der Waals surface area (Å²) in [6.07, 6.45) is 1.74. The highest BCUT2D eigenvalue weighted by Crippen LogP contribution is 2.28. The van der Waals surface area contributed by atoms with Crippen molar-refractivity contribution in [2.75, 3.05) is 0 Å². The van der Waals surface area contributed by atoms with Crippen molar-refractivity contribution in [3.8, 4) is 11.9 Å². The predicted molar refractivity (Wildman–Crippen MR) is 113 cm³/mol. The van der Waals surface area contributed by atoms with Crippen LogP contribution in [0.3, 0.4) is 0 Å². The van der Waals surface area contributed by atoms with Gasteiger partial charge in [0.15, 0.2) is 11.6 Å². The second kappa shape index (κ2) is 6.87. The number of nitrogens with one attached hydrogen (secondary N) is 1. The highest BCUT2D eigenvalue weighted by Gasteiger charge is 2.16. The molecular weight excluding hydrogens is 386 g/mol. The van der Waals surface area contributed by atoms with Crippen molar-refractivity contribution in [2.24, 2.45) is 0 Å². The van der Waals surface area contributed by atoms with Gasteiger partial charge in [0.05, 0.1) is 11.0 Å². The van der Waals surface area contributed by atoms with Crippen molar-refractivity contribution in [3.63, 3.8) is 0 Å². The van der Waals surface area contributed by atoms with Crippen molar-refractivity contribution in [1.29, 1.82) is 5.26 Å². The van der Waals surface area contributed by atoms with Crippen molar-refractivity contribution >= 4 is 33.2 Å². The molecule has 8 heteroatoms. The number of thiophene rings is 1. The first-order valence-corrected chi connectivity index (χ1v) is 9.86. The molecule has 0 unspecified atom stereocenters. The largest absolute Gasteiger partial charge is 0.360 e. The average molecular weight is 405 g/mol. The molecule has 0 radical (unpaired) electrons. The number of H-pyrrole nitrogens is 1. The molecule has 0 atom stereocenters. The molecule has 1 N–H and O–H groups in total. The van der Waals surface area contributed by atoms with Crippen LogP contribution in [0.2, 0.25) is 0 Å². The van der Waals surface area contributed by atoms with E-state index in [9.17, 15) is 10.1 Å². The summed E-state index contributed by atoms with van der Waals surface area (Å²) >= 11 is 1.46. The van der Waals surface area contributed by atoms with E-state index >= 15 is 0 Å². The van der Waals surface area contributed by atoms with E-state index in [4.69, 9.17) is 4.52 Å². The summed E-state index contributed by atoms with van der Waals surface area (Å²) in [4.78, 5) is 21.6. The molecule has 0 saturated carbocycles. The van der Waals surface area contributed by atoms with Crippen LogP contribution < -0.4 is 5.56 Å². The van der Waals surface area contributed by atoms with Gasteiger partial charge in [-0.2, -0.15) is 5.26 Å². The SMILES string of the molecule is Cc1cc(-n2c(C)cc(/C=C(\C#N)c3nc4sc(C)c(C)c4c(=O)[nH]3)c2C)no1. The van der Waals surface area contributed by atoms with Crippen molar-refractivity contribution in [1.82, 2.24) is 19.7 Å². The van der Waals surface area contributed by atoms with Crippen molar-refractivity contribution in [2.45, 2.75) is 34.6 Å². The second-order valence-electron chi connectivity index (χ2n) is 7.01. The quantitative estimate of drug-likeness (QED) is 0.510. The second-order valence-corrected chi connectivity index (χ2v) is 8.21. The molecule has 146 valence electrons. The number of hydrogen-bond donors (Lipinski definition) is 1. The molecule has 4 aromatic rings. The van der Waals surface area contributed by atoms with E-state index in [1.165, 1.54) is 11.3 Å². The van der Waals surface area contributed by atoms with Gasteiger partial charge < -0.3 is 9.51 Å². The summed E-state index contributed by atoms with van der Waals surface area (Å²) in [6, 6.07) is 5.99. The van der Waals surface area contributed by atoms with Crippen LogP contribution in [0.4, 0.5) is 0 Å². The standard InChI is InChI=1S/C21H19N5O2S/c1-10-6-15(13(4)26(10)17-7-11(2)28-25-17)8-16(9-22)19-23-20(27)18-12(3)14(5)29-21(18)24-19/h6-8H,1-5H3,(H,23,24,27)/b16-8+. The molecule has 0 aliphatic carbocycles. The Morgan fingerprint density at radius 2 is 2.03 bits per heavy atom. The fourth-order valence-corrected chi connectivity index (χ4v) is 4.47. The van der Waals surface area contributed by atoms with E-state index in [0.29, 0.717) is 21.6 Å². The van der Waals surface area contributed by atoms with Gasteiger partial charge in [0.2, 0.25) is 0 Å². The predicted octanol–water partition coefficient (Wildman–Crippen LogP) is 4.37. The molecule has 0 spiro atoms. The molecule has 4 aromatic heterocycles. The fraction of sp³-hybridized carbons (Fsp3) is 0.238. The first-order chi connectivity index (χ1) is 13.8. The number of nitriles is 1. The van der Waals surface area contributed by atoms with Crippen LogP contribution in [-0.2, 0) is 0 Å². The van der Waals surface area contributed by atoms with E-state index in [2.05, 4.69) is 21.2 Å². The summed E-state index contributed by atoms with van der Waals surface area (Å²) in [5.41, 5.74) is 3.72. The van der Waals surface area contributed by atoms with Gasteiger partial charge in [0, 0.05) is 22.3 Å². The van der Waals surface area contributed by atoms with Gasteiger partial charge in [-0.25, -0.2) is 4.98 Å². The number of fused-ring (bicyclic) bond motifs is 1. The minimum atomic E-state index is -0.225. The fourth-order valence-electron chi connectivity index (χ4n) is 3.44. The monoisotopic (exact) mass is 405 g/mol. The summed E-state index contributed by atoms with van der Waals surface area (Å²) in [5, 5.41) is 14.4. The van der Waals surface area contributed by atoms with E-state index < -0.39 is 0 Å². The molecule has 4 heterocycles. The zero-order chi connectivity index (χ0) is 20.9. The number of aryl methyl sites for hydroxylation is 4. The van der Waals surface area contributed by atoms with Gasteiger partial charge in [-0.1, -0.05) is 5.16 Å². The maximum Gasteiger partial charge on any atom is 0.260 e. The Kier molecular flexibility index (Phi) is 4.47. The van der Waals surface area contributed by atoms with Crippen molar-refractivity contribution < 1.29 is 4.52 Å². The van der Waals surface area contributed by atoms with Gasteiger partial charge in [-0.15, -0.1) is 11.3 Å². The molecule has 0 aliphatic rings. The summed E-state index contributed by atoms with van der Waals surface area (Å²) in [5.74, 6) is 1.68. The molecule has 0 amide bonds. The molecule has 0 fully saturated rings. The topological polar surface area (TPSA) is 100 Å². The van der Waals surface area contributed by atoms with Gasteiger partial charge >= 0.3 is 0 Å². The van der Waals surface area contributed by atoms with Gasteiger partial charge in [-0.3, -0.25) is 9.36 Å². The highest BCUT2D eigenvalue weighted by atomic mass is 32.1. The molecular formula is C21H19N5O2S. The molecule has 4 rings (SSSR count). The molecule has 0 saturated heterocycles. The van der Waals surface area contributed by atoms with Gasteiger partial charge in [-0.05, 0) is 57.9 Å². The van der Waals surface area contributed by atoms with Crippen LogP contribution in [0, 0.1) is 45.9 Å². The minimum absolute atomic E-state index is 0.225. The first kappa shape index (κ1) is 18.9. The lowest BCUT2D eigenvalue weighted by molar-refractivity contribution is 0.394. The Bertz CT molecular complexity index is 1390. The van der Waals surface area contributed by atoms with Crippen LogP contribution in [0.1, 0.15) is 39.0 Å². The van der Waals surface area contributed by atoms with Gasteiger partial charge in [0.25, 0.3) is 5.56 Å². The number of rotatable bonds is 3.